The van der Waals surface area contributed by atoms with Gasteiger partial charge in [0.2, 0.25) is 0 Å². The molecule has 1 fully saturated rings. The zero-order chi connectivity index (χ0) is 19.4. The minimum absolute atomic E-state index is 0.0610. The second-order valence-electron chi connectivity index (χ2n) is 7.25. The van der Waals surface area contributed by atoms with Crippen LogP contribution in [-0.4, -0.2) is 30.2 Å². The Morgan fingerprint density at radius 3 is 2.65 bits per heavy atom. The van der Waals surface area contributed by atoms with Gasteiger partial charge in [0.1, 0.15) is 6.10 Å². The lowest BCUT2D eigenvalue weighted by atomic mass is 10.0. The molecule has 0 aromatic carbocycles. The molecule has 26 heavy (non-hydrogen) atoms. The molecule has 1 aliphatic heterocycles. The fourth-order valence-electron chi connectivity index (χ4n) is 2.98. The highest BCUT2D eigenvalue weighted by Gasteiger charge is 2.20. The Bertz CT molecular complexity index is 542. The summed E-state index contributed by atoms with van der Waals surface area (Å²) in [5.74, 6) is 5.46. The second-order valence-corrected chi connectivity index (χ2v) is 7.25. The van der Waals surface area contributed by atoms with Crippen molar-refractivity contribution in [3.63, 3.8) is 0 Å². The molecule has 3 unspecified atom stereocenters. The summed E-state index contributed by atoms with van der Waals surface area (Å²) in [6, 6.07) is 0. The summed E-state index contributed by atoms with van der Waals surface area (Å²) >= 11 is 0. The SMILES string of the molecule is C=C(C)C(CCC(C)=CCCC(C)=CC(O)C#CC)OC1CCCCO1. The number of rotatable bonds is 10. The molecule has 1 aliphatic rings. The first-order valence-corrected chi connectivity index (χ1v) is 9.78. The molecule has 0 saturated carbocycles. The lowest BCUT2D eigenvalue weighted by Gasteiger charge is -2.28. The van der Waals surface area contributed by atoms with Crippen molar-refractivity contribution in [3.05, 3.63) is 35.5 Å². The predicted molar refractivity (Wildman–Crippen MR) is 109 cm³/mol. The summed E-state index contributed by atoms with van der Waals surface area (Å²) in [6.07, 6.45) is 10.6. The molecular formula is C23H36O3. The van der Waals surface area contributed by atoms with Gasteiger partial charge in [0.25, 0.3) is 0 Å². The second kappa shape index (κ2) is 12.9. The van der Waals surface area contributed by atoms with Gasteiger partial charge in [0.05, 0.1) is 6.10 Å². The Balaban J connectivity index is 2.38. The van der Waals surface area contributed by atoms with E-state index < -0.39 is 6.10 Å². The van der Waals surface area contributed by atoms with Crippen LogP contribution in [0, 0.1) is 11.8 Å². The maximum Gasteiger partial charge on any atom is 0.158 e. The van der Waals surface area contributed by atoms with Crippen LogP contribution >= 0.6 is 0 Å². The number of aliphatic hydroxyl groups is 1. The number of allylic oxidation sites excluding steroid dienone is 3. The maximum absolute atomic E-state index is 9.66. The zero-order valence-electron chi connectivity index (χ0n) is 17.0. The normalized spacial score (nSPS) is 20.9. The van der Waals surface area contributed by atoms with Gasteiger partial charge >= 0.3 is 0 Å². The largest absolute Gasteiger partial charge is 0.377 e. The Kier molecular flexibility index (Phi) is 11.3. The number of hydrogen-bond donors (Lipinski definition) is 1. The molecule has 0 radical (unpaired) electrons. The molecule has 0 spiro atoms. The van der Waals surface area contributed by atoms with Crippen LogP contribution < -0.4 is 0 Å². The zero-order valence-corrected chi connectivity index (χ0v) is 17.0. The van der Waals surface area contributed by atoms with E-state index in [-0.39, 0.29) is 12.4 Å². The van der Waals surface area contributed by atoms with Crippen LogP contribution in [0.2, 0.25) is 0 Å². The van der Waals surface area contributed by atoms with Crippen LogP contribution in [-0.2, 0) is 9.47 Å². The Morgan fingerprint density at radius 2 is 2.04 bits per heavy atom. The minimum Gasteiger partial charge on any atom is -0.377 e. The quantitative estimate of drug-likeness (QED) is 0.424. The summed E-state index contributed by atoms with van der Waals surface area (Å²) < 4.78 is 11.8. The third-order valence-corrected chi connectivity index (χ3v) is 4.57. The Hall–Kier alpha value is -1.34. The molecule has 0 aromatic heterocycles. The highest BCUT2D eigenvalue weighted by Crippen LogP contribution is 2.22. The van der Waals surface area contributed by atoms with E-state index >= 15 is 0 Å². The van der Waals surface area contributed by atoms with Crippen LogP contribution in [0.5, 0.6) is 0 Å². The average molecular weight is 361 g/mol. The van der Waals surface area contributed by atoms with Crippen LogP contribution in [0.1, 0.15) is 72.6 Å². The van der Waals surface area contributed by atoms with Gasteiger partial charge < -0.3 is 14.6 Å². The molecule has 3 heteroatoms. The van der Waals surface area contributed by atoms with E-state index in [0.29, 0.717) is 0 Å². The van der Waals surface area contributed by atoms with Crippen molar-refractivity contribution >= 4 is 0 Å². The first-order valence-electron chi connectivity index (χ1n) is 9.78. The van der Waals surface area contributed by atoms with Gasteiger partial charge in [-0.15, -0.1) is 5.92 Å². The van der Waals surface area contributed by atoms with Crippen molar-refractivity contribution in [1.29, 1.82) is 0 Å². The third kappa shape index (κ3) is 9.97. The maximum atomic E-state index is 9.66. The molecule has 3 nitrogen and oxygen atoms in total. The Labute approximate surface area is 160 Å². The van der Waals surface area contributed by atoms with Crippen molar-refractivity contribution in [2.45, 2.75) is 91.1 Å². The molecular weight excluding hydrogens is 324 g/mol. The molecule has 1 saturated heterocycles. The molecule has 0 amide bonds. The topological polar surface area (TPSA) is 38.7 Å². The van der Waals surface area contributed by atoms with Crippen LogP contribution in [0.3, 0.4) is 0 Å². The summed E-state index contributed by atoms with van der Waals surface area (Å²) in [5, 5.41) is 9.66. The molecule has 1 heterocycles. The van der Waals surface area contributed by atoms with Gasteiger partial charge in [-0.1, -0.05) is 35.3 Å². The van der Waals surface area contributed by atoms with Gasteiger partial charge in [0, 0.05) is 6.61 Å². The van der Waals surface area contributed by atoms with E-state index in [1.54, 1.807) is 6.92 Å². The molecule has 0 aliphatic carbocycles. The van der Waals surface area contributed by atoms with Crippen molar-refractivity contribution in [2.75, 3.05) is 6.61 Å². The van der Waals surface area contributed by atoms with E-state index in [0.717, 1.165) is 50.7 Å². The number of ether oxygens (including phenoxy) is 2. The first kappa shape index (κ1) is 22.7. The van der Waals surface area contributed by atoms with E-state index in [2.05, 4.69) is 31.4 Å². The van der Waals surface area contributed by atoms with Gasteiger partial charge in [-0.25, -0.2) is 0 Å². The lowest BCUT2D eigenvalue weighted by Crippen LogP contribution is -2.28. The van der Waals surface area contributed by atoms with E-state index in [4.69, 9.17) is 9.47 Å². The molecule has 3 atom stereocenters. The summed E-state index contributed by atoms with van der Waals surface area (Å²) in [5.41, 5.74) is 3.60. The Morgan fingerprint density at radius 1 is 1.27 bits per heavy atom. The van der Waals surface area contributed by atoms with Crippen molar-refractivity contribution in [1.82, 2.24) is 0 Å². The third-order valence-electron chi connectivity index (χ3n) is 4.57. The monoisotopic (exact) mass is 360 g/mol. The van der Waals surface area contributed by atoms with Crippen LogP contribution in [0.4, 0.5) is 0 Å². The van der Waals surface area contributed by atoms with Crippen molar-refractivity contribution in [2.24, 2.45) is 0 Å². The van der Waals surface area contributed by atoms with E-state index in [1.165, 1.54) is 17.6 Å². The average Bonchev–Trinajstić information content (AvgIpc) is 2.59. The molecule has 1 N–H and O–H groups in total. The smallest absolute Gasteiger partial charge is 0.158 e. The molecule has 0 bridgehead atoms. The first-order chi connectivity index (χ1) is 12.4. The highest BCUT2D eigenvalue weighted by atomic mass is 16.7. The van der Waals surface area contributed by atoms with Crippen molar-refractivity contribution < 1.29 is 14.6 Å². The van der Waals surface area contributed by atoms with Crippen LogP contribution in [0.15, 0.2) is 35.5 Å². The van der Waals surface area contributed by atoms with E-state index in [9.17, 15) is 5.11 Å². The summed E-state index contributed by atoms with van der Waals surface area (Å²) in [6.45, 7) is 12.9. The molecule has 1 rings (SSSR count). The van der Waals surface area contributed by atoms with Gasteiger partial charge in [-0.05, 0) is 78.7 Å². The standard InChI is InChI=1S/C23H36O3/c1-6-10-21(24)17-20(5)12-9-11-19(4)14-15-22(18(2)3)26-23-13-7-8-16-25-23/h11,17,21-24H,2,7-9,12-16H2,1,3-5H3. The summed E-state index contributed by atoms with van der Waals surface area (Å²) in [4.78, 5) is 0. The minimum atomic E-state index is -0.652. The van der Waals surface area contributed by atoms with Gasteiger partial charge in [-0.3, -0.25) is 0 Å². The summed E-state index contributed by atoms with van der Waals surface area (Å²) in [7, 11) is 0. The fraction of sp³-hybridized carbons (Fsp3) is 0.652. The molecule has 0 aromatic rings. The van der Waals surface area contributed by atoms with Gasteiger partial charge in [-0.2, -0.15) is 0 Å². The molecule has 146 valence electrons. The van der Waals surface area contributed by atoms with Crippen molar-refractivity contribution in [3.8, 4) is 11.8 Å². The number of hydrogen-bond acceptors (Lipinski definition) is 3. The number of aliphatic hydroxyl groups excluding tert-OH is 1. The van der Waals surface area contributed by atoms with E-state index in [1.807, 2.05) is 19.9 Å². The fourth-order valence-corrected chi connectivity index (χ4v) is 2.98. The van der Waals surface area contributed by atoms with Crippen LogP contribution in [0.25, 0.3) is 0 Å². The highest BCUT2D eigenvalue weighted by molar-refractivity contribution is 5.15. The predicted octanol–water partition coefficient (Wildman–Crippen LogP) is 5.31. The lowest BCUT2D eigenvalue weighted by molar-refractivity contribution is -0.181. The van der Waals surface area contributed by atoms with Gasteiger partial charge in [0.15, 0.2) is 6.29 Å².